The second-order valence-electron chi connectivity index (χ2n) is 2.85. The Morgan fingerprint density at radius 3 is 2.60 bits per heavy atom. The van der Waals surface area contributed by atoms with Gasteiger partial charge in [-0.3, -0.25) is 4.99 Å². The lowest BCUT2D eigenvalue weighted by Crippen LogP contribution is -1.94. The van der Waals surface area contributed by atoms with E-state index in [2.05, 4.69) is 11.6 Å². The van der Waals surface area contributed by atoms with E-state index < -0.39 is 0 Å². The summed E-state index contributed by atoms with van der Waals surface area (Å²) in [6, 6.07) is 0. The van der Waals surface area contributed by atoms with Crippen molar-refractivity contribution in [2.75, 3.05) is 6.61 Å². The van der Waals surface area contributed by atoms with E-state index in [4.69, 9.17) is 4.74 Å². The molecule has 15 heavy (non-hydrogen) atoms. The molecule has 0 aromatic rings. The Bertz CT molecular complexity index is 296. The fourth-order valence-electron chi connectivity index (χ4n) is 0.866. The molecule has 0 saturated heterocycles. The maximum atomic E-state index is 5.49. The third kappa shape index (κ3) is 7.50. The standard InChI is InChI=1S/C13H19NO/c1-5-8-9-10-12(4)15-11-13(6-2)14-7-3/h5-10H,1,11H2,2-4H3/b9-8-,12-10+,13-6-,14-7?. The van der Waals surface area contributed by atoms with Gasteiger partial charge >= 0.3 is 0 Å². The summed E-state index contributed by atoms with van der Waals surface area (Å²) in [4.78, 5) is 4.16. The number of nitrogens with zero attached hydrogens (tertiary/aromatic N) is 1. The van der Waals surface area contributed by atoms with Crippen molar-refractivity contribution < 1.29 is 4.74 Å². The van der Waals surface area contributed by atoms with E-state index in [1.165, 1.54) is 0 Å². The number of ether oxygens (including phenoxy) is 1. The van der Waals surface area contributed by atoms with E-state index >= 15 is 0 Å². The van der Waals surface area contributed by atoms with Gasteiger partial charge in [0.25, 0.3) is 0 Å². The lowest BCUT2D eigenvalue weighted by Gasteiger charge is -2.05. The van der Waals surface area contributed by atoms with Gasteiger partial charge < -0.3 is 4.74 Å². The SMILES string of the molecule is C=C/C=C\C=C(/C)OC/C(=C/C)N=CC. The van der Waals surface area contributed by atoms with Gasteiger partial charge in [-0.1, -0.05) is 30.9 Å². The summed E-state index contributed by atoms with van der Waals surface area (Å²) in [7, 11) is 0. The molecule has 0 amide bonds. The van der Waals surface area contributed by atoms with Crippen molar-refractivity contribution in [1.29, 1.82) is 0 Å². The molecule has 0 heterocycles. The highest BCUT2D eigenvalue weighted by Gasteiger charge is 1.93. The molecule has 2 nitrogen and oxygen atoms in total. The molecule has 0 atom stereocenters. The highest BCUT2D eigenvalue weighted by molar-refractivity contribution is 5.55. The van der Waals surface area contributed by atoms with E-state index in [1.807, 2.05) is 45.1 Å². The maximum Gasteiger partial charge on any atom is 0.129 e. The van der Waals surface area contributed by atoms with E-state index in [9.17, 15) is 0 Å². The topological polar surface area (TPSA) is 21.6 Å². The van der Waals surface area contributed by atoms with Crippen molar-refractivity contribution >= 4 is 6.21 Å². The Morgan fingerprint density at radius 2 is 2.07 bits per heavy atom. The summed E-state index contributed by atoms with van der Waals surface area (Å²) < 4.78 is 5.49. The molecule has 0 aliphatic carbocycles. The lowest BCUT2D eigenvalue weighted by molar-refractivity contribution is 0.241. The predicted molar refractivity (Wildman–Crippen MR) is 67.0 cm³/mol. The molecular weight excluding hydrogens is 186 g/mol. The van der Waals surface area contributed by atoms with Gasteiger partial charge in [-0.05, 0) is 26.8 Å². The van der Waals surface area contributed by atoms with E-state index in [1.54, 1.807) is 12.3 Å². The Kier molecular flexibility index (Phi) is 8.06. The van der Waals surface area contributed by atoms with E-state index in [-0.39, 0.29) is 0 Å². The van der Waals surface area contributed by atoms with Crippen molar-refractivity contribution in [1.82, 2.24) is 0 Å². The Hall–Kier alpha value is -1.57. The average molecular weight is 205 g/mol. The molecule has 0 radical (unpaired) electrons. The number of rotatable bonds is 6. The van der Waals surface area contributed by atoms with Gasteiger partial charge in [-0.2, -0.15) is 0 Å². The van der Waals surface area contributed by atoms with E-state index in [0.29, 0.717) is 6.61 Å². The largest absolute Gasteiger partial charge is 0.492 e. The minimum atomic E-state index is 0.505. The van der Waals surface area contributed by atoms with Gasteiger partial charge in [-0.25, -0.2) is 0 Å². The monoisotopic (exact) mass is 205 g/mol. The third-order valence-electron chi connectivity index (χ3n) is 1.65. The van der Waals surface area contributed by atoms with Crippen molar-refractivity contribution in [3.05, 3.63) is 48.4 Å². The third-order valence-corrected chi connectivity index (χ3v) is 1.65. The van der Waals surface area contributed by atoms with Crippen LogP contribution in [0.4, 0.5) is 0 Å². The van der Waals surface area contributed by atoms with Gasteiger partial charge in [-0.15, -0.1) is 0 Å². The van der Waals surface area contributed by atoms with Crippen LogP contribution in [0.1, 0.15) is 20.8 Å². The van der Waals surface area contributed by atoms with Crippen molar-refractivity contribution in [3.8, 4) is 0 Å². The highest BCUT2D eigenvalue weighted by Crippen LogP contribution is 2.02. The minimum absolute atomic E-state index is 0.505. The first-order chi connectivity index (χ1) is 7.24. The number of hydrogen-bond donors (Lipinski definition) is 0. The van der Waals surface area contributed by atoms with Gasteiger partial charge in [0.1, 0.15) is 6.61 Å². The molecule has 0 aliphatic rings. The van der Waals surface area contributed by atoms with E-state index in [0.717, 1.165) is 11.5 Å². The second-order valence-corrected chi connectivity index (χ2v) is 2.85. The molecule has 0 aromatic carbocycles. The summed E-state index contributed by atoms with van der Waals surface area (Å²) in [5, 5.41) is 0. The molecule has 0 aromatic heterocycles. The number of aliphatic imine (C=N–C) groups is 1. The quantitative estimate of drug-likeness (QED) is 0.368. The van der Waals surface area contributed by atoms with Crippen molar-refractivity contribution in [2.45, 2.75) is 20.8 Å². The second kappa shape index (κ2) is 9.00. The van der Waals surface area contributed by atoms with Crippen LogP contribution in [-0.4, -0.2) is 12.8 Å². The Balaban J connectivity index is 4.09. The van der Waals surface area contributed by atoms with Crippen LogP contribution in [0.2, 0.25) is 0 Å². The molecule has 0 aliphatic heterocycles. The van der Waals surface area contributed by atoms with Crippen LogP contribution >= 0.6 is 0 Å². The average Bonchev–Trinajstić information content (AvgIpc) is 2.24. The summed E-state index contributed by atoms with van der Waals surface area (Å²) in [6.07, 6.45) is 11.1. The zero-order valence-corrected chi connectivity index (χ0v) is 9.73. The maximum absolute atomic E-state index is 5.49. The van der Waals surface area contributed by atoms with Crippen molar-refractivity contribution in [3.63, 3.8) is 0 Å². The van der Waals surface area contributed by atoms with Crippen LogP contribution in [0.3, 0.4) is 0 Å². The van der Waals surface area contributed by atoms with Crippen LogP contribution in [0.5, 0.6) is 0 Å². The van der Waals surface area contributed by atoms with Crippen LogP contribution in [0.15, 0.2) is 53.4 Å². The normalized spacial score (nSPS) is 13.8. The molecule has 2 heteroatoms. The lowest BCUT2D eigenvalue weighted by atomic mass is 10.4. The molecule has 0 fully saturated rings. The van der Waals surface area contributed by atoms with Crippen LogP contribution < -0.4 is 0 Å². The fraction of sp³-hybridized carbons (Fsp3) is 0.308. The molecule has 0 unspecified atom stereocenters. The van der Waals surface area contributed by atoms with Gasteiger partial charge in [0.15, 0.2) is 0 Å². The Morgan fingerprint density at radius 1 is 1.33 bits per heavy atom. The zero-order valence-electron chi connectivity index (χ0n) is 9.73. The van der Waals surface area contributed by atoms with Crippen LogP contribution in [0.25, 0.3) is 0 Å². The molecule has 0 saturated carbocycles. The molecule has 0 rings (SSSR count). The van der Waals surface area contributed by atoms with Crippen LogP contribution in [0, 0.1) is 0 Å². The summed E-state index contributed by atoms with van der Waals surface area (Å²) in [5.74, 6) is 0.860. The minimum Gasteiger partial charge on any atom is -0.492 e. The smallest absolute Gasteiger partial charge is 0.129 e. The molecule has 0 bridgehead atoms. The van der Waals surface area contributed by atoms with Gasteiger partial charge in [0.05, 0.1) is 11.5 Å². The van der Waals surface area contributed by atoms with Crippen molar-refractivity contribution in [2.24, 2.45) is 4.99 Å². The summed E-state index contributed by atoms with van der Waals surface area (Å²) in [6.45, 7) is 9.84. The first-order valence-corrected chi connectivity index (χ1v) is 4.97. The Labute approximate surface area is 92.4 Å². The summed E-state index contributed by atoms with van der Waals surface area (Å²) >= 11 is 0. The number of allylic oxidation sites excluding steroid dienone is 6. The first kappa shape index (κ1) is 13.4. The fourth-order valence-corrected chi connectivity index (χ4v) is 0.866. The molecular formula is C13H19NO. The molecule has 0 N–H and O–H groups in total. The molecule has 0 spiro atoms. The predicted octanol–water partition coefficient (Wildman–Crippen LogP) is 3.64. The highest BCUT2D eigenvalue weighted by atomic mass is 16.5. The first-order valence-electron chi connectivity index (χ1n) is 4.97. The number of hydrogen-bond acceptors (Lipinski definition) is 2. The van der Waals surface area contributed by atoms with Gasteiger partial charge in [0, 0.05) is 6.21 Å². The van der Waals surface area contributed by atoms with Crippen LogP contribution in [-0.2, 0) is 4.74 Å². The zero-order chi connectivity index (χ0) is 11.5. The summed E-state index contributed by atoms with van der Waals surface area (Å²) in [5.41, 5.74) is 0.929. The van der Waals surface area contributed by atoms with Gasteiger partial charge in [0.2, 0.25) is 0 Å². The molecule has 82 valence electrons.